The molecule has 0 aromatic carbocycles. The summed E-state index contributed by atoms with van der Waals surface area (Å²) in [4.78, 5) is 10.6. The van der Waals surface area contributed by atoms with Crippen LogP contribution in [0, 0.1) is 5.92 Å². The van der Waals surface area contributed by atoms with Crippen molar-refractivity contribution in [3.63, 3.8) is 0 Å². The maximum absolute atomic E-state index is 10.6. The number of aliphatic hydroxyl groups is 1. The molecule has 1 saturated carbocycles. The zero-order valence-corrected chi connectivity index (χ0v) is 6.71. The summed E-state index contributed by atoms with van der Waals surface area (Å²) in [5.41, 5.74) is -1.45. The fraction of sp³-hybridized carbons (Fsp3) is 0.875. The van der Waals surface area contributed by atoms with E-state index in [1.807, 2.05) is 0 Å². The van der Waals surface area contributed by atoms with Gasteiger partial charge in [-0.05, 0) is 25.2 Å². The molecule has 2 atom stereocenters. The lowest BCUT2D eigenvalue weighted by atomic mass is 9.76. The summed E-state index contributed by atoms with van der Waals surface area (Å²) in [5, 5.41) is 18.3. The number of rotatable bonds is 1. The Morgan fingerprint density at radius 3 is 2.55 bits per heavy atom. The normalized spacial score (nSPS) is 38.5. The van der Waals surface area contributed by atoms with Crippen LogP contribution in [0.4, 0.5) is 0 Å². The van der Waals surface area contributed by atoms with E-state index in [2.05, 4.69) is 0 Å². The van der Waals surface area contributed by atoms with Crippen LogP contribution in [-0.4, -0.2) is 21.8 Å². The van der Waals surface area contributed by atoms with E-state index in [4.69, 9.17) is 5.11 Å². The largest absolute Gasteiger partial charge is 0.479 e. The van der Waals surface area contributed by atoms with Gasteiger partial charge in [0, 0.05) is 0 Å². The lowest BCUT2D eigenvalue weighted by Crippen LogP contribution is -2.46. The number of carboxylic acids is 1. The molecule has 0 bridgehead atoms. The second-order valence-corrected chi connectivity index (χ2v) is 3.38. The summed E-state index contributed by atoms with van der Waals surface area (Å²) in [6.45, 7) is 1.80. The van der Waals surface area contributed by atoms with E-state index in [9.17, 15) is 9.90 Å². The average molecular weight is 158 g/mol. The van der Waals surface area contributed by atoms with E-state index in [0.29, 0.717) is 6.42 Å². The molecule has 0 heterocycles. The number of aliphatic carboxylic acids is 1. The van der Waals surface area contributed by atoms with Gasteiger partial charge in [0.1, 0.15) is 0 Å². The Kier molecular flexibility index (Phi) is 2.18. The zero-order chi connectivity index (χ0) is 8.48. The third kappa shape index (κ3) is 1.38. The summed E-state index contributed by atoms with van der Waals surface area (Å²) in [6.07, 6.45) is 3.09. The Labute approximate surface area is 66.0 Å². The van der Waals surface area contributed by atoms with Crippen molar-refractivity contribution >= 4 is 5.97 Å². The minimum atomic E-state index is -1.45. The first-order valence-electron chi connectivity index (χ1n) is 4.03. The van der Waals surface area contributed by atoms with Gasteiger partial charge in [-0.25, -0.2) is 4.79 Å². The minimum Gasteiger partial charge on any atom is -0.479 e. The monoisotopic (exact) mass is 158 g/mol. The molecule has 0 amide bonds. The van der Waals surface area contributed by atoms with Crippen LogP contribution >= 0.6 is 0 Å². The van der Waals surface area contributed by atoms with Gasteiger partial charge in [-0.1, -0.05) is 13.3 Å². The van der Waals surface area contributed by atoms with E-state index in [1.165, 1.54) is 0 Å². The zero-order valence-electron chi connectivity index (χ0n) is 6.71. The Bertz CT molecular complexity index is 167. The van der Waals surface area contributed by atoms with Crippen molar-refractivity contribution in [1.29, 1.82) is 0 Å². The summed E-state index contributed by atoms with van der Waals surface area (Å²) >= 11 is 0. The molecule has 0 radical (unpaired) electrons. The number of carboxylic acid groups (broad SMARTS) is 1. The number of hydrogen-bond donors (Lipinski definition) is 2. The molecule has 64 valence electrons. The smallest absolute Gasteiger partial charge is 0.335 e. The number of carbonyl (C=O) groups is 1. The molecule has 0 saturated heterocycles. The number of hydrogen-bond acceptors (Lipinski definition) is 2. The van der Waals surface area contributed by atoms with Gasteiger partial charge < -0.3 is 10.2 Å². The molecule has 3 heteroatoms. The van der Waals surface area contributed by atoms with Gasteiger partial charge in [0.15, 0.2) is 5.60 Å². The van der Waals surface area contributed by atoms with Crippen LogP contribution in [0.1, 0.15) is 32.6 Å². The second kappa shape index (κ2) is 2.81. The van der Waals surface area contributed by atoms with E-state index < -0.39 is 11.6 Å². The molecule has 1 rings (SSSR count). The molecule has 3 nitrogen and oxygen atoms in total. The highest BCUT2D eigenvalue weighted by molar-refractivity contribution is 5.77. The van der Waals surface area contributed by atoms with E-state index in [-0.39, 0.29) is 5.92 Å². The van der Waals surface area contributed by atoms with Crippen molar-refractivity contribution in [2.75, 3.05) is 0 Å². The highest BCUT2D eigenvalue weighted by Crippen LogP contribution is 2.33. The fourth-order valence-corrected chi connectivity index (χ4v) is 1.65. The Balaban J connectivity index is 2.72. The van der Waals surface area contributed by atoms with Gasteiger partial charge in [-0.3, -0.25) is 0 Å². The Morgan fingerprint density at radius 2 is 2.18 bits per heavy atom. The maximum Gasteiger partial charge on any atom is 0.335 e. The molecule has 0 aliphatic heterocycles. The van der Waals surface area contributed by atoms with Crippen molar-refractivity contribution in [3.8, 4) is 0 Å². The summed E-state index contributed by atoms with van der Waals surface area (Å²) in [5.74, 6) is -1.17. The predicted molar refractivity (Wildman–Crippen MR) is 40.2 cm³/mol. The molecule has 0 spiro atoms. The van der Waals surface area contributed by atoms with Crippen molar-refractivity contribution in [2.45, 2.75) is 38.2 Å². The first-order chi connectivity index (χ1) is 5.07. The van der Waals surface area contributed by atoms with Crippen LogP contribution in [0.3, 0.4) is 0 Å². The molecule has 2 unspecified atom stereocenters. The van der Waals surface area contributed by atoms with Gasteiger partial charge in [-0.2, -0.15) is 0 Å². The molecule has 11 heavy (non-hydrogen) atoms. The quantitative estimate of drug-likeness (QED) is 0.598. The maximum atomic E-state index is 10.6. The summed E-state index contributed by atoms with van der Waals surface area (Å²) in [7, 11) is 0. The van der Waals surface area contributed by atoms with Crippen LogP contribution in [0.5, 0.6) is 0 Å². The Hall–Kier alpha value is -0.570. The third-order valence-corrected chi connectivity index (χ3v) is 2.63. The fourth-order valence-electron chi connectivity index (χ4n) is 1.65. The first-order valence-corrected chi connectivity index (χ1v) is 4.03. The Morgan fingerprint density at radius 1 is 1.55 bits per heavy atom. The SMILES string of the molecule is CC1CCCCC1(O)C(=O)O. The standard InChI is InChI=1S/C8H14O3/c1-6-4-2-3-5-8(6,11)7(9)10/h6,11H,2-5H2,1H3,(H,9,10). The molecular formula is C8H14O3. The summed E-state index contributed by atoms with van der Waals surface area (Å²) in [6, 6.07) is 0. The van der Waals surface area contributed by atoms with Crippen molar-refractivity contribution in [1.82, 2.24) is 0 Å². The van der Waals surface area contributed by atoms with Crippen LogP contribution in [0.25, 0.3) is 0 Å². The molecule has 1 aliphatic carbocycles. The molecule has 1 fully saturated rings. The van der Waals surface area contributed by atoms with Crippen LogP contribution in [-0.2, 0) is 4.79 Å². The molecule has 2 N–H and O–H groups in total. The molecule has 1 aliphatic rings. The minimum absolute atomic E-state index is 0.103. The van der Waals surface area contributed by atoms with Gasteiger partial charge in [0.2, 0.25) is 0 Å². The topological polar surface area (TPSA) is 57.5 Å². The van der Waals surface area contributed by atoms with E-state index in [1.54, 1.807) is 6.92 Å². The average Bonchev–Trinajstić information content (AvgIpc) is 1.95. The van der Waals surface area contributed by atoms with E-state index >= 15 is 0 Å². The second-order valence-electron chi connectivity index (χ2n) is 3.38. The van der Waals surface area contributed by atoms with E-state index in [0.717, 1.165) is 19.3 Å². The van der Waals surface area contributed by atoms with Gasteiger partial charge in [0.25, 0.3) is 0 Å². The van der Waals surface area contributed by atoms with Crippen molar-refractivity contribution < 1.29 is 15.0 Å². The third-order valence-electron chi connectivity index (χ3n) is 2.63. The highest BCUT2D eigenvalue weighted by atomic mass is 16.4. The van der Waals surface area contributed by atoms with Crippen molar-refractivity contribution in [3.05, 3.63) is 0 Å². The lowest BCUT2D eigenvalue weighted by Gasteiger charge is -2.33. The highest BCUT2D eigenvalue weighted by Gasteiger charge is 2.42. The molecular weight excluding hydrogens is 144 g/mol. The van der Waals surface area contributed by atoms with Crippen LogP contribution < -0.4 is 0 Å². The van der Waals surface area contributed by atoms with Gasteiger partial charge in [-0.15, -0.1) is 0 Å². The van der Waals surface area contributed by atoms with Gasteiger partial charge >= 0.3 is 5.97 Å². The van der Waals surface area contributed by atoms with Crippen molar-refractivity contribution in [2.24, 2.45) is 5.92 Å². The van der Waals surface area contributed by atoms with Crippen LogP contribution in [0.2, 0.25) is 0 Å². The summed E-state index contributed by atoms with van der Waals surface area (Å²) < 4.78 is 0. The van der Waals surface area contributed by atoms with Crippen LogP contribution in [0.15, 0.2) is 0 Å². The molecule has 0 aromatic rings. The molecule has 0 aromatic heterocycles. The first kappa shape index (κ1) is 8.53. The van der Waals surface area contributed by atoms with Gasteiger partial charge in [0.05, 0.1) is 0 Å². The lowest BCUT2D eigenvalue weighted by molar-refractivity contribution is -0.168. The predicted octanol–water partition coefficient (Wildman–Crippen LogP) is 1.01.